The Labute approximate surface area is 118 Å². The minimum absolute atomic E-state index is 0.131. The van der Waals surface area contributed by atoms with Gasteiger partial charge in [-0.3, -0.25) is 9.59 Å². The fourth-order valence-corrected chi connectivity index (χ4v) is 2.59. The number of unbranched alkanes of at least 4 members (excludes halogenated alkanes) is 1. The fourth-order valence-electron chi connectivity index (χ4n) is 1.57. The first-order valence-corrected chi connectivity index (χ1v) is 7.48. The molecule has 1 rings (SSSR count). The number of carbonyl (C=O) groups is 2. The Morgan fingerprint density at radius 2 is 1.89 bits per heavy atom. The van der Waals surface area contributed by atoms with Gasteiger partial charge in [0.2, 0.25) is 0 Å². The summed E-state index contributed by atoms with van der Waals surface area (Å²) in [4.78, 5) is 22.8. The van der Waals surface area contributed by atoms with Crippen molar-refractivity contribution in [3.05, 3.63) is 29.8 Å². The first-order valence-electron chi connectivity index (χ1n) is 6.49. The molecule has 1 unspecified atom stereocenters. The molecule has 1 aromatic carbocycles. The number of ether oxygens (including phenoxy) is 1. The van der Waals surface area contributed by atoms with Crippen LogP contribution in [-0.4, -0.2) is 16.8 Å². The Hall–Kier alpha value is -1.29. The van der Waals surface area contributed by atoms with Gasteiger partial charge in [0.25, 0.3) is 0 Å². The molecule has 0 aromatic heterocycles. The molecular weight excluding hydrogens is 260 g/mol. The van der Waals surface area contributed by atoms with E-state index < -0.39 is 0 Å². The average molecular weight is 280 g/mol. The molecule has 1 aromatic rings. The molecule has 0 saturated heterocycles. The number of rotatable bonds is 6. The van der Waals surface area contributed by atoms with E-state index in [9.17, 15) is 9.59 Å². The number of carbonyl (C=O) groups excluding carboxylic acids is 2. The van der Waals surface area contributed by atoms with Crippen molar-refractivity contribution in [1.29, 1.82) is 0 Å². The maximum absolute atomic E-state index is 12.0. The lowest BCUT2D eigenvalue weighted by Crippen LogP contribution is -2.06. The smallest absolute Gasteiger partial charge is 0.308 e. The highest BCUT2D eigenvalue weighted by Gasteiger charge is 2.15. The number of hydrogen-bond donors (Lipinski definition) is 0. The van der Waals surface area contributed by atoms with Crippen LogP contribution >= 0.6 is 11.8 Å². The highest BCUT2D eigenvalue weighted by atomic mass is 32.2. The van der Waals surface area contributed by atoms with Gasteiger partial charge in [-0.2, -0.15) is 0 Å². The van der Waals surface area contributed by atoms with Crippen LogP contribution in [0.5, 0.6) is 5.75 Å². The maximum Gasteiger partial charge on any atom is 0.308 e. The van der Waals surface area contributed by atoms with E-state index in [-0.39, 0.29) is 17.0 Å². The maximum atomic E-state index is 12.0. The summed E-state index contributed by atoms with van der Waals surface area (Å²) in [6.07, 6.45) is 2.17. The topological polar surface area (TPSA) is 43.4 Å². The van der Waals surface area contributed by atoms with Gasteiger partial charge < -0.3 is 4.74 Å². The molecule has 4 heteroatoms. The Morgan fingerprint density at radius 1 is 1.26 bits per heavy atom. The number of esters is 1. The minimum atomic E-state index is -0.341. The molecule has 0 heterocycles. The van der Waals surface area contributed by atoms with Gasteiger partial charge in [0, 0.05) is 12.7 Å². The van der Waals surface area contributed by atoms with Crippen molar-refractivity contribution in [3.8, 4) is 5.75 Å². The first kappa shape index (κ1) is 15.8. The molecule has 0 radical (unpaired) electrons. The largest absolute Gasteiger partial charge is 0.427 e. The molecule has 0 saturated carbocycles. The Kier molecular flexibility index (Phi) is 6.64. The van der Waals surface area contributed by atoms with E-state index in [1.54, 1.807) is 12.1 Å². The van der Waals surface area contributed by atoms with Crippen molar-refractivity contribution in [1.82, 2.24) is 0 Å². The van der Waals surface area contributed by atoms with Crippen molar-refractivity contribution in [2.24, 2.45) is 0 Å². The zero-order valence-electron chi connectivity index (χ0n) is 11.6. The third-order valence-corrected chi connectivity index (χ3v) is 3.87. The molecule has 104 valence electrons. The lowest BCUT2D eigenvalue weighted by Gasteiger charge is -2.11. The van der Waals surface area contributed by atoms with Gasteiger partial charge in [-0.25, -0.2) is 0 Å². The van der Waals surface area contributed by atoms with Gasteiger partial charge >= 0.3 is 5.97 Å². The van der Waals surface area contributed by atoms with Crippen molar-refractivity contribution in [2.75, 3.05) is 5.75 Å². The SMILES string of the molecule is CCCCSC(=O)C(C)c1ccc(OC(C)=O)cc1. The molecule has 0 fully saturated rings. The van der Waals surface area contributed by atoms with E-state index in [4.69, 9.17) is 4.74 Å². The summed E-state index contributed by atoms with van der Waals surface area (Å²) in [7, 11) is 0. The summed E-state index contributed by atoms with van der Waals surface area (Å²) in [5.74, 6) is 0.917. The third-order valence-electron chi connectivity index (χ3n) is 2.74. The van der Waals surface area contributed by atoms with Crippen LogP contribution in [0.1, 0.15) is 45.1 Å². The van der Waals surface area contributed by atoms with E-state index in [0.29, 0.717) is 5.75 Å². The number of thioether (sulfide) groups is 1. The molecule has 0 spiro atoms. The molecule has 3 nitrogen and oxygen atoms in total. The molecule has 0 aliphatic carbocycles. The van der Waals surface area contributed by atoms with Crippen molar-refractivity contribution in [2.45, 2.75) is 39.5 Å². The van der Waals surface area contributed by atoms with E-state index in [2.05, 4.69) is 6.92 Å². The van der Waals surface area contributed by atoms with Gasteiger partial charge in [0.15, 0.2) is 5.12 Å². The van der Waals surface area contributed by atoms with Gasteiger partial charge in [-0.05, 0) is 24.1 Å². The van der Waals surface area contributed by atoms with Crippen LogP contribution in [0.2, 0.25) is 0 Å². The molecule has 0 N–H and O–H groups in total. The molecular formula is C15H20O3S. The first-order chi connectivity index (χ1) is 9.04. The van der Waals surface area contributed by atoms with Gasteiger partial charge in [0.05, 0.1) is 5.92 Å². The highest BCUT2D eigenvalue weighted by molar-refractivity contribution is 8.13. The van der Waals surface area contributed by atoms with E-state index in [0.717, 1.165) is 24.2 Å². The number of hydrogen-bond acceptors (Lipinski definition) is 4. The minimum Gasteiger partial charge on any atom is -0.427 e. The summed E-state index contributed by atoms with van der Waals surface area (Å²) in [6.45, 7) is 5.38. The second-order valence-corrected chi connectivity index (χ2v) is 5.50. The Morgan fingerprint density at radius 3 is 2.42 bits per heavy atom. The lowest BCUT2D eigenvalue weighted by atomic mass is 10.0. The summed E-state index contributed by atoms with van der Waals surface area (Å²) in [6, 6.07) is 7.11. The van der Waals surface area contributed by atoms with E-state index in [1.807, 2.05) is 19.1 Å². The number of benzene rings is 1. The molecule has 0 amide bonds. The van der Waals surface area contributed by atoms with Crippen LogP contribution in [0.25, 0.3) is 0 Å². The zero-order valence-corrected chi connectivity index (χ0v) is 12.5. The second kappa shape index (κ2) is 8.00. The lowest BCUT2D eigenvalue weighted by molar-refractivity contribution is -0.131. The molecule has 0 bridgehead atoms. The van der Waals surface area contributed by atoms with Crippen LogP contribution in [-0.2, 0) is 9.59 Å². The van der Waals surface area contributed by atoms with Crippen molar-refractivity contribution < 1.29 is 14.3 Å². The summed E-state index contributed by atoms with van der Waals surface area (Å²) < 4.78 is 4.96. The summed E-state index contributed by atoms with van der Waals surface area (Å²) in [5.41, 5.74) is 0.949. The second-order valence-electron chi connectivity index (χ2n) is 4.41. The van der Waals surface area contributed by atoms with Gasteiger partial charge in [-0.1, -0.05) is 44.2 Å². The molecule has 1 atom stereocenters. The van der Waals surface area contributed by atoms with E-state index >= 15 is 0 Å². The summed E-state index contributed by atoms with van der Waals surface area (Å²) >= 11 is 1.39. The monoisotopic (exact) mass is 280 g/mol. The fraction of sp³-hybridized carbons (Fsp3) is 0.467. The van der Waals surface area contributed by atoms with E-state index in [1.165, 1.54) is 18.7 Å². The van der Waals surface area contributed by atoms with Crippen LogP contribution in [0.15, 0.2) is 24.3 Å². The quantitative estimate of drug-likeness (QED) is 0.452. The van der Waals surface area contributed by atoms with Crippen LogP contribution in [0.3, 0.4) is 0 Å². The Balaban J connectivity index is 2.59. The standard InChI is InChI=1S/C15H20O3S/c1-4-5-10-19-15(17)11(2)13-6-8-14(9-7-13)18-12(3)16/h6-9,11H,4-5,10H2,1-3H3. The highest BCUT2D eigenvalue weighted by Crippen LogP contribution is 2.24. The van der Waals surface area contributed by atoms with Gasteiger partial charge in [0.1, 0.15) is 5.75 Å². The molecule has 19 heavy (non-hydrogen) atoms. The van der Waals surface area contributed by atoms with Crippen molar-refractivity contribution in [3.63, 3.8) is 0 Å². The van der Waals surface area contributed by atoms with Crippen LogP contribution in [0, 0.1) is 0 Å². The summed E-state index contributed by atoms with van der Waals surface area (Å²) in [5, 5.41) is 0.189. The third kappa shape index (κ3) is 5.47. The predicted molar refractivity (Wildman–Crippen MR) is 78.5 cm³/mol. The normalized spacial score (nSPS) is 11.9. The molecule has 0 aliphatic rings. The Bertz CT molecular complexity index is 426. The molecule has 0 aliphatic heterocycles. The van der Waals surface area contributed by atoms with Crippen LogP contribution < -0.4 is 4.74 Å². The van der Waals surface area contributed by atoms with Gasteiger partial charge in [-0.15, -0.1) is 0 Å². The zero-order chi connectivity index (χ0) is 14.3. The van der Waals surface area contributed by atoms with Crippen LogP contribution in [0.4, 0.5) is 0 Å². The predicted octanol–water partition coefficient (Wildman–Crippen LogP) is 3.78. The average Bonchev–Trinajstić information content (AvgIpc) is 2.38. The van der Waals surface area contributed by atoms with Crippen molar-refractivity contribution >= 4 is 22.8 Å².